The first-order chi connectivity index (χ1) is 9.65. The van der Waals surface area contributed by atoms with Gasteiger partial charge in [-0.25, -0.2) is 0 Å². The molecule has 1 saturated heterocycles. The number of hydrogen-bond acceptors (Lipinski definition) is 3. The van der Waals surface area contributed by atoms with Gasteiger partial charge in [-0.15, -0.1) is 11.3 Å². The zero-order chi connectivity index (χ0) is 13.7. The molecule has 3 heterocycles. The fraction of sp³-hybridized carbons (Fsp3) is 0.533. The van der Waals surface area contributed by atoms with Gasteiger partial charge in [0.25, 0.3) is 5.91 Å². The molecule has 1 spiro atoms. The highest BCUT2D eigenvalue weighted by atomic mass is 32.1. The molecule has 2 aromatic rings. The lowest BCUT2D eigenvalue weighted by Gasteiger charge is -2.50. The standard InChI is InChI=1S/C15H18N2O2S/c1-10-8-17(9-15(19-10)4-2-5-15)14(18)12-7-13-11(16-12)3-6-20-13/h3,6-7,10,16H,2,4-5,8-9H2,1H3/t10-/m0/s1. The third-order valence-corrected chi connectivity index (χ3v) is 5.29. The van der Waals surface area contributed by atoms with E-state index in [1.165, 1.54) is 6.42 Å². The van der Waals surface area contributed by atoms with E-state index in [0.717, 1.165) is 29.6 Å². The Hall–Kier alpha value is -1.33. The van der Waals surface area contributed by atoms with Gasteiger partial charge in [0.05, 0.1) is 28.5 Å². The maximum absolute atomic E-state index is 12.7. The van der Waals surface area contributed by atoms with Crippen LogP contribution in [0.2, 0.25) is 0 Å². The summed E-state index contributed by atoms with van der Waals surface area (Å²) < 4.78 is 7.21. The van der Waals surface area contributed by atoms with Crippen LogP contribution in [0.4, 0.5) is 0 Å². The van der Waals surface area contributed by atoms with Gasteiger partial charge in [0.2, 0.25) is 0 Å². The van der Waals surface area contributed by atoms with E-state index in [-0.39, 0.29) is 17.6 Å². The molecule has 0 bridgehead atoms. The largest absolute Gasteiger partial charge is 0.368 e. The third-order valence-electron chi connectivity index (χ3n) is 4.43. The molecule has 2 fully saturated rings. The van der Waals surface area contributed by atoms with E-state index < -0.39 is 0 Å². The second-order valence-corrected chi connectivity index (χ2v) is 6.98. The van der Waals surface area contributed by atoms with Crippen molar-refractivity contribution in [2.75, 3.05) is 13.1 Å². The van der Waals surface area contributed by atoms with Gasteiger partial charge in [-0.3, -0.25) is 4.79 Å². The summed E-state index contributed by atoms with van der Waals surface area (Å²) in [6.45, 7) is 3.49. The number of aromatic amines is 1. The summed E-state index contributed by atoms with van der Waals surface area (Å²) in [5.74, 6) is 0.106. The number of amides is 1. The van der Waals surface area contributed by atoms with Crippen LogP contribution >= 0.6 is 11.3 Å². The van der Waals surface area contributed by atoms with Crippen LogP contribution in [-0.4, -0.2) is 40.6 Å². The zero-order valence-electron chi connectivity index (χ0n) is 11.5. The van der Waals surface area contributed by atoms with E-state index >= 15 is 0 Å². The topological polar surface area (TPSA) is 45.3 Å². The first kappa shape index (κ1) is 12.4. The van der Waals surface area contributed by atoms with Crippen molar-refractivity contribution >= 4 is 27.5 Å². The zero-order valence-corrected chi connectivity index (χ0v) is 12.3. The summed E-state index contributed by atoms with van der Waals surface area (Å²) in [6, 6.07) is 3.99. The first-order valence-corrected chi connectivity index (χ1v) is 8.07. The SMILES string of the molecule is C[C@H]1CN(C(=O)c2cc3sccc3[nH]2)CC2(CCC2)O1. The Morgan fingerprint density at radius 2 is 2.40 bits per heavy atom. The van der Waals surface area contributed by atoms with Gasteiger partial charge in [-0.2, -0.15) is 0 Å². The maximum atomic E-state index is 12.7. The first-order valence-electron chi connectivity index (χ1n) is 7.19. The van der Waals surface area contributed by atoms with Crippen molar-refractivity contribution in [3.8, 4) is 0 Å². The highest BCUT2D eigenvalue weighted by Gasteiger charge is 2.45. The number of H-pyrrole nitrogens is 1. The summed E-state index contributed by atoms with van der Waals surface area (Å²) in [5, 5.41) is 2.04. The van der Waals surface area contributed by atoms with Crippen molar-refractivity contribution in [3.05, 3.63) is 23.2 Å². The Bertz CT molecular complexity index is 627. The summed E-state index contributed by atoms with van der Waals surface area (Å²) in [7, 11) is 0. The van der Waals surface area contributed by atoms with Crippen LogP contribution in [0.15, 0.2) is 17.5 Å². The van der Waals surface area contributed by atoms with Gasteiger partial charge in [-0.1, -0.05) is 0 Å². The molecule has 4 nitrogen and oxygen atoms in total. The minimum Gasteiger partial charge on any atom is -0.368 e. The van der Waals surface area contributed by atoms with Gasteiger partial charge in [0.1, 0.15) is 5.69 Å². The monoisotopic (exact) mass is 290 g/mol. The summed E-state index contributed by atoms with van der Waals surface area (Å²) in [6.07, 6.45) is 3.51. The van der Waals surface area contributed by atoms with Gasteiger partial charge in [0.15, 0.2) is 0 Å². The van der Waals surface area contributed by atoms with Crippen LogP contribution in [0.3, 0.4) is 0 Å². The summed E-state index contributed by atoms with van der Waals surface area (Å²) >= 11 is 1.66. The average molecular weight is 290 g/mol. The van der Waals surface area contributed by atoms with Crippen molar-refractivity contribution in [1.82, 2.24) is 9.88 Å². The molecule has 1 amide bonds. The molecule has 4 rings (SSSR count). The fourth-order valence-corrected chi connectivity index (χ4v) is 4.14. The molecule has 5 heteroatoms. The second-order valence-electron chi connectivity index (χ2n) is 6.03. The van der Waals surface area contributed by atoms with Crippen molar-refractivity contribution in [1.29, 1.82) is 0 Å². The molecule has 20 heavy (non-hydrogen) atoms. The van der Waals surface area contributed by atoms with E-state index in [1.807, 2.05) is 22.4 Å². The van der Waals surface area contributed by atoms with Crippen molar-refractivity contribution in [2.24, 2.45) is 0 Å². The number of rotatable bonds is 1. The molecular formula is C15H18N2O2S. The third kappa shape index (κ3) is 1.88. The molecule has 0 aromatic carbocycles. The number of thiophene rings is 1. The normalized spacial score (nSPS) is 25.1. The molecule has 1 atom stereocenters. The minimum absolute atomic E-state index is 0.0582. The number of hydrogen-bond donors (Lipinski definition) is 1. The molecule has 1 aliphatic carbocycles. The highest BCUT2D eigenvalue weighted by Crippen LogP contribution is 2.40. The van der Waals surface area contributed by atoms with Gasteiger partial charge in [-0.05, 0) is 43.7 Å². The van der Waals surface area contributed by atoms with Crippen LogP contribution in [0.5, 0.6) is 0 Å². The molecule has 1 saturated carbocycles. The smallest absolute Gasteiger partial charge is 0.270 e. The van der Waals surface area contributed by atoms with Crippen LogP contribution in [0, 0.1) is 0 Å². The molecule has 0 unspecified atom stereocenters. The molecule has 1 aliphatic heterocycles. The molecule has 1 N–H and O–H groups in total. The molecule has 0 radical (unpaired) electrons. The lowest BCUT2D eigenvalue weighted by molar-refractivity contribution is -0.176. The second kappa shape index (κ2) is 4.33. The maximum Gasteiger partial charge on any atom is 0.270 e. The molecule has 106 valence electrons. The van der Waals surface area contributed by atoms with Crippen molar-refractivity contribution < 1.29 is 9.53 Å². The Morgan fingerprint density at radius 3 is 3.10 bits per heavy atom. The number of carbonyl (C=O) groups is 1. The Labute approximate surface area is 121 Å². The lowest BCUT2D eigenvalue weighted by Crippen LogP contribution is -2.59. The number of nitrogens with one attached hydrogen (secondary N) is 1. The Morgan fingerprint density at radius 1 is 1.55 bits per heavy atom. The number of fused-ring (bicyclic) bond motifs is 1. The predicted octanol–water partition coefficient (Wildman–Crippen LogP) is 3.01. The van der Waals surface area contributed by atoms with E-state index in [0.29, 0.717) is 12.2 Å². The number of aromatic nitrogens is 1. The van der Waals surface area contributed by atoms with E-state index in [4.69, 9.17) is 4.74 Å². The van der Waals surface area contributed by atoms with E-state index in [2.05, 4.69) is 11.9 Å². The molecule has 2 aromatic heterocycles. The van der Waals surface area contributed by atoms with E-state index in [9.17, 15) is 4.79 Å². The average Bonchev–Trinajstić information content (AvgIpc) is 2.95. The van der Waals surface area contributed by atoms with Crippen molar-refractivity contribution in [2.45, 2.75) is 37.9 Å². The van der Waals surface area contributed by atoms with Gasteiger partial charge >= 0.3 is 0 Å². The van der Waals surface area contributed by atoms with Crippen LogP contribution in [0.1, 0.15) is 36.7 Å². The van der Waals surface area contributed by atoms with Gasteiger partial charge < -0.3 is 14.6 Å². The molecule has 2 aliphatic rings. The summed E-state index contributed by atoms with van der Waals surface area (Å²) in [4.78, 5) is 17.9. The van der Waals surface area contributed by atoms with Crippen LogP contribution in [0.25, 0.3) is 10.2 Å². The van der Waals surface area contributed by atoms with Crippen LogP contribution in [-0.2, 0) is 4.74 Å². The van der Waals surface area contributed by atoms with Crippen molar-refractivity contribution in [3.63, 3.8) is 0 Å². The number of ether oxygens (including phenoxy) is 1. The quantitative estimate of drug-likeness (QED) is 0.877. The minimum atomic E-state index is -0.0582. The van der Waals surface area contributed by atoms with E-state index in [1.54, 1.807) is 11.3 Å². The molecular weight excluding hydrogens is 272 g/mol. The number of morpholine rings is 1. The summed E-state index contributed by atoms with van der Waals surface area (Å²) in [5.41, 5.74) is 1.70. The lowest BCUT2D eigenvalue weighted by atomic mass is 9.78. The number of carbonyl (C=O) groups excluding carboxylic acids is 1. The highest BCUT2D eigenvalue weighted by molar-refractivity contribution is 7.17. The Balaban J connectivity index is 1.59. The Kier molecular flexibility index (Phi) is 2.69. The number of nitrogens with zero attached hydrogens (tertiary/aromatic N) is 1. The van der Waals surface area contributed by atoms with Crippen LogP contribution < -0.4 is 0 Å². The predicted molar refractivity (Wildman–Crippen MR) is 79.2 cm³/mol. The van der Waals surface area contributed by atoms with Gasteiger partial charge in [0, 0.05) is 6.54 Å². The fourth-order valence-electron chi connectivity index (χ4n) is 3.36.